The predicted octanol–water partition coefficient (Wildman–Crippen LogP) is 2.78. The maximum Gasteiger partial charge on any atom is 0.225 e. The second kappa shape index (κ2) is 6.56. The average molecular weight is 382 g/mol. The monoisotopic (exact) mass is 382 g/mol. The lowest BCUT2D eigenvalue weighted by Gasteiger charge is -2.31. The highest BCUT2D eigenvalue weighted by Crippen LogP contribution is 2.44. The van der Waals surface area contributed by atoms with Gasteiger partial charge in [0, 0.05) is 11.6 Å². The first-order valence-corrected chi connectivity index (χ1v) is 9.01. The van der Waals surface area contributed by atoms with Crippen molar-refractivity contribution >= 4 is 10.8 Å². The van der Waals surface area contributed by atoms with Gasteiger partial charge in [-0.3, -0.25) is 0 Å². The zero-order chi connectivity index (χ0) is 20.1. The van der Waals surface area contributed by atoms with Crippen molar-refractivity contribution in [1.82, 2.24) is 0 Å². The summed E-state index contributed by atoms with van der Waals surface area (Å²) >= 11 is 0. The molecule has 0 fully saturated rings. The molecule has 2 aromatic carbocycles. The molecule has 0 bridgehead atoms. The van der Waals surface area contributed by atoms with E-state index in [1.807, 2.05) is 41.1 Å². The molecule has 1 aromatic heterocycles. The van der Waals surface area contributed by atoms with E-state index in [0.717, 1.165) is 27.6 Å². The van der Waals surface area contributed by atoms with E-state index in [9.17, 15) is 5.11 Å². The first-order chi connectivity index (χ1) is 13.5. The van der Waals surface area contributed by atoms with Gasteiger partial charge < -0.3 is 24.1 Å². The number of aliphatic hydroxyl groups is 1. The lowest BCUT2D eigenvalue weighted by Crippen LogP contribution is -2.50. The Morgan fingerprint density at radius 3 is 2.21 bits per heavy atom. The van der Waals surface area contributed by atoms with E-state index in [-0.39, 0.29) is 0 Å². The molecule has 0 spiro atoms. The maximum atomic E-state index is 11.7. The van der Waals surface area contributed by atoms with Crippen molar-refractivity contribution in [2.24, 2.45) is 0 Å². The summed E-state index contributed by atoms with van der Waals surface area (Å²) in [5.74, 6) is 2.57. The van der Waals surface area contributed by atoms with Crippen LogP contribution in [-0.2, 0) is 12.1 Å². The zero-order valence-electron chi connectivity index (χ0n) is 16.7. The molecule has 4 rings (SSSR count). The van der Waals surface area contributed by atoms with Gasteiger partial charge in [-0.15, -0.1) is 0 Å². The number of benzene rings is 2. The van der Waals surface area contributed by atoms with Gasteiger partial charge >= 0.3 is 0 Å². The number of rotatable bonds is 4. The third-order valence-electron chi connectivity index (χ3n) is 5.49. The summed E-state index contributed by atoms with van der Waals surface area (Å²) < 4.78 is 24.0. The Balaban J connectivity index is 2.02. The number of pyridine rings is 1. The molecule has 0 saturated carbocycles. The minimum atomic E-state index is -1.23. The molecule has 1 N–H and O–H groups in total. The van der Waals surface area contributed by atoms with Gasteiger partial charge in [0.25, 0.3) is 0 Å². The van der Waals surface area contributed by atoms with Gasteiger partial charge in [0.05, 0.1) is 39.4 Å². The van der Waals surface area contributed by atoms with Crippen molar-refractivity contribution in [3.63, 3.8) is 0 Å². The number of ether oxygens (including phenoxy) is 4. The van der Waals surface area contributed by atoms with E-state index >= 15 is 0 Å². The fraction of sp³-hybridized carbons (Fsp3) is 0.318. The summed E-state index contributed by atoms with van der Waals surface area (Å²) in [6, 6.07) is 9.58. The van der Waals surface area contributed by atoms with Crippen LogP contribution in [0.3, 0.4) is 0 Å². The molecule has 2 heterocycles. The smallest absolute Gasteiger partial charge is 0.225 e. The normalized spacial score (nSPS) is 17.6. The molecule has 28 heavy (non-hydrogen) atoms. The summed E-state index contributed by atoms with van der Waals surface area (Å²) in [5, 5.41) is 13.5. The minimum absolute atomic E-state index is 0.561. The highest BCUT2D eigenvalue weighted by atomic mass is 16.5. The lowest BCUT2D eigenvalue weighted by molar-refractivity contribution is -0.703. The molecule has 6 heteroatoms. The fourth-order valence-electron chi connectivity index (χ4n) is 4.21. The first kappa shape index (κ1) is 18.4. The molecule has 1 aliphatic rings. The molecular formula is C22H24NO5+. The van der Waals surface area contributed by atoms with E-state index in [0.29, 0.717) is 29.5 Å². The van der Waals surface area contributed by atoms with E-state index in [1.54, 1.807) is 35.4 Å². The van der Waals surface area contributed by atoms with Crippen LogP contribution in [0.4, 0.5) is 0 Å². The Morgan fingerprint density at radius 2 is 1.57 bits per heavy atom. The number of hydrogen-bond acceptors (Lipinski definition) is 5. The van der Waals surface area contributed by atoms with E-state index in [4.69, 9.17) is 18.9 Å². The first-order valence-electron chi connectivity index (χ1n) is 9.01. The Morgan fingerprint density at radius 1 is 0.893 bits per heavy atom. The van der Waals surface area contributed by atoms with Crippen LogP contribution in [0.2, 0.25) is 0 Å². The molecule has 1 aliphatic heterocycles. The summed E-state index contributed by atoms with van der Waals surface area (Å²) in [5.41, 5.74) is 1.27. The Hall–Kier alpha value is -2.99. The standard InChI is InChI=1S/C22H24NO5/c1-22(24)16-6-7-17(25-2)20(28-5)15(16)12-23-9-8-13-10-18(26-3)19(27-4)11-14(13)21(22)23/h6-11,24H,12H2,1-5H3/q+1/t22-/m0/s1. The van der Waals surface area contributed by atoms with Gasteiger partial charge in [0.15, 0.2) is 41.3 Å². The van der Waals surface area contributed by atoms with Crippen molar-refractivity contribution < 1.29 is 28.6 Å². The van der Waals surface area contributed by atoms with Crippen LogP contribution in [0.5, 0.6) is 23.0 Å². The third kappa shape index (κ3) is 2.48. The predicted molar refractivity (Wildman–Crippen MR) is 105 cm³/mol. The molecular weight excluding hydrogens is 358 g/mol. The molecule has 6 nitrogen and oxygen atoms in total. The summed E-state index contributed by atoms with van der Waals surface area (Å²) in [7, 11) is 6.45. The van der Waals surface area contributed by atoms with Crippen molar-refractivity contribution in [2.45, 2.75) is 19.1 Å². The second-order valence-corrected chi connectivity index (χ2v) is 6.99. The van der Waals surface area contributed by atoms with Crippen molar-refractivity contribution in [2.75, 3.05) is 28.4 Å². The number of methoxy groups -OCH3 is 4. The molecule has 0 amide bonds. The van der Waals surface area contributed by atoms with Crippen LogP contribution in [0.25, 0.3) is 10.8 Å². The third-order valence-corrected chi connectivity index (χ3v) is 5.49. The highest BCUT2D eigenvalue weighted by Gasteiger charge is 2.44. The van der Waals surface area contributed by atoms with Crippen LogP contribution in [0, 0.1) is 0 Å². The van der Waals surface area contributed by atoms with Gasteiger partial charge in [0.2, 0.25) is 5.69 Å². The minimum Gasteiger partial charge on any atom is -0.493 e. The molecule has 1 atom stereocenters. The number of fused-ring (bicyclic) bond motifs is 4. The molecule has 0 aliphatic carbocycles. The molecule has 146 valence electrons. The van der Waals surface area contributed by atoms with E-state index in [2.05, 4.69) is 0 Å². The fourth-order valence-corrected chi connectivity index (χ4v) is 4.21. The van der Waals surface area contributed by atoms with Crippen LogP contribution in [0.15, 0.2) is 36.5 Å². The second-order valence-electron chi connectivity index (χ2n) is 6.99. The topological polar surface area (TPSA) is 61.0 Å². The van der Waals surface area contributed by atoms with Crippen LogP contribution in [0.1, 0.15) is 23.7 Å². The van der Waals surface area contributed by atoms with Gasteiger partial charge in [0.1, 0.15) is 0 Å². The Bertz CT molecular complexity index is 1070. The van der Waals surface area contributed by atoms with Crippen LogP contribution in [-0.4, -0.2) is 33.5 Å². The SMILES string of the molecule is COc1cc2cc[n+]3c(c2cc1OC)[C@@](C)(O)c1ccc(OC)c(OC)c1C3. The summed E-state index contributed by atoms with van der Waals surface area (Å²) in [6.45, 7) is 2.37. The van der Waals surface area contributed by atoms with Gasteiger partial charge in [-0.05, 0) is 30.5 Å². The zero-order valence-corrected chi connectivity index (χ0v) is 16.7. The lowest BCUT2D eigenvalue weighted by atomic mass is 9.82. The molecule has 0 unspecified atom stereocenters. The molecule has 3 aromatic rings. The highest BCUT2D eigenvalue weighted by molar-refractivity contribution is 5.88. The van der Waals surface area contributed by atoms with Gasteiger partial charge in [-0.1, -0.05) is 6.07 Å². The average Bonchev–Trinajstić information content (AvgIpc) is 2.71. The number of hydrogen-bond donors (Lipinski definition) is 1. The molecule has 0 saturated heterocycles. The van der Waals surface area contributed by atoms with Crippen LogP contribution >= 0.6 is 0 Å². The summed E-state index contributed by atoms with van der Waals surface area (Å²) in [4.78, 5) is 0. The van der Waals surface area contributed by atoms with Gasteiger partial charge in [-0.25, -0.2) is 0 Å². The number of aromatic nitrogens is 1. The summed E-state index contributed by atoms with van der Waals surface area (Å²) in [6.07, 6.45) is 1.97. The van der Waals surface area contributed by atoms with Crippen molar-refractivity contribution in [3.8, 4) is 23.0 Å². The Kier molecular flexibility index (Phi) is 4.31. The maximum absolute atomic E-state index is 11.7. The van der Waals surface area contributed by atoms with Crippen molar-refractivity contribution in [1.29, 1.82) is 0 Å². The van der Waals surface area contributed by atoms with E-state index in [1.165, 1.54) is 0 Å². The largest absolute Gasteiger partial charge is 0.493 e. The molecule has 0 radical (unpaired) electrons. The van der Waals surface area contributed by atoms with Crippen molar-refractivity contribution in [3.05, 3.63) is 53.3 Å². The van der Waals surface area contributed by atoms with E-state index < -0.39 is 5.60 Å². The quantitative estimate of drug-likeness (QED) is 0.703. The number of nitrogens with zero attached hydrogens (tertiary/aromatic N) is 1. The Labute approximate surface area is 163 Å². The van der Waals surface area contributed by atoms with Gasteiger partial charge in [-0.2, -0.15) is 4.57 Å². The van der Waals surface area contributed by atoms with Crippen LogP contribution < -0.4 is 23.5 Å².